The fourth-order valence-electron chi connectivity index (χ4n) is 1.95. The summed E-state index contributed by atoms with van der Waals surface area (Å²) < 4.78 is 2.08. The van der Waals surface area contributed by atoms with Gasteiger partial charge in [0.15, 0.2) is 0 Å². The molecule has 0 bridgehead atoms. The van der Waals surface area contributed by atoms with Crippen LogP contribution in [0, 0.1) is 18.3 Å². The third-order valence-corrected chi connectivity index (χ3v) is 2.96. The second kappa shape index (κ2) is 4.56. The lowest BCUT2D eigenvalue weighted by Crippen LogP contribution is -2.17. The molecule has 1 aromatic carbocycles. The minimum atomic E-state index is 0.444. The summed E-state index contributed by atoms with van der Waals surface area (Å²) in [7, 11) is 3.96. The Labute approximate surface area is 101 Å². The molecule has 88 valence electrons. The molecule has 2 rings (SSSR count). The minimum Gasteiger partial charge on any atom is -0.331 e. The van der Waals surface area contributed by atoms with Crippen molar-refractivity contribution in [1.82, 2.24) is 14.5 Å². The monoisotopic (exact) mass is 228 g/mol. The lowest BCUT2D eigenvalue weighted by Gasteiger charge is -2.12. The number of hydrogen-bond acceptors (Lipinski definition) is 3. The summed E-state index contributed by atoms with van der Waals surface area (Å²) in [5, 5.41) is 8.62. The number of rotatable bonds is 3. The first kappa shape index (κ1) is 11.6. The molecule has 0 N–H and O–H groups in total. The highest BCUT2D eigenvalue weighted by molar-refractivity contribution is 5.76. The van der Waals surface area contributed by atoms with Gasteiger partial charge in [0.05, 0.1) is 23.6 Å². The Bertz CT molecular complexity index is 577. The number of aryl methyl sites for hydroxylation is 2. The number of benzene rings is 1. The number of fused-ring (bicyclic) bond motifs is 1. The van der Waals surface area contributed by atoms with Crippen LogP contribution in [0.2, 0.25) is 0 Å². The van der Waals surface area contributed by atoms with Crippen molar-refractivity contribution in [2.24, 2.45) is 7.05 Å². The van der Waals surface area contributed by atoms with E-state index in [9.17, 15) is 0 Å². The summed E-state index contributed by atoms with van der Waals surface area (Å²) in [4.78, 5) is 6.49. The van der Waals surface area contributed by atoms with Crippen LogP contribution in [0.1, 0.15) is 11.4 Å². The highest BCUT2D eigenvalue weighted by Crippen LogP contribution is 2.17. The zero-order valence-corrected chi connectivity index (χ0v) is 10.4. The van der Waals surface area contributed by atoms with Crippen LogP contribution in [0.4, 0.5) is 0 Å². The number of imidazole rings is 1. The van der Waals surface area contributed by atoms with E-state index in [1.54, 1.807) is 0 Å². The summed E-state index contributed by atoms with van der Waals surface area (Å²) >= 11 is 0. The maximum absolute atomic E-state index is 8.62. The van der Waals surface area contributed by atoms with Crippen molar-refractivity contribution in [3.8, 4) is 6.07 Å². The number of nitrogens with zero attached hydrogens (tertiary/aromatic N) is 4. The van der Waals surface area contributed by atoms with Crippen molar-refractivity contribution >= 4 is 11.0 Å². The molecule has 0 aliphatic rings. The first-order valence-electron chi connectivity index (χ1n) is 5.59. The van der Waals surface area contributed by atoms with E-state index in [4.69, 9.17) is 5.26 Å². The summed E-state index contributed by atoms with van der Waals surface area (Å²) in [6.07, 6.45) is 0. The zero-order valence-electron chi connectivity index (χ0n) is 10.4. The van der Waals surface area contributed by atoms with Crippen LogP contribution in [0.15, 0.2) is 18.2 Å². The molecule has 0 saturated carbocycles. The number of hydrogen-bond donors (Lipinski definition) is 0. The first-order valence-corrected chi connectivity index (χ1v) is 5.59. The highest BCUT2D eigenvalue weighted by atomic mass is 15.1. The smallest absolute Gasteiger partial charge is 0.106 e. The van der Waals surface area contributed by atoms with E-state index in [-0.39, 0.29) is 0 Å². The lowest BCUT2D eigenvalue weighted by atomic mass is 10.2. The van der Waals surface area contributed by atoms with Crippen LogP contribution in [-0.4, -0.2) is 28.0 Å². The number of aromatic nitrogens is 2. The average molecular weight is 228 g/mol. The summed E-state index contributed by atoms with van der Waals surface area (Å²) in [6.45, 7) is 3.22. The lowest BCUT2D eigenvalue weighted by molar-refractivity contribution is 0.367. The molecular weight excluding hydrogens is 212 g/mol. The maximum atomic E-state index is 8.62. The Morgan fingerprint density at radius 2 is 2.24 bits per heavy atom. The van der Waals surface area contributed by atoms with Gasteiger partial charge in [-0.2, -0.15) is 5.26 Å². The SMILES string of the molecule is Cc1nc2cc(CN(C)CC#N)ccc2n1C. The molecule has 1 heterocycles. The molecule has 2 aromatic rings. The van der Waals surface area contributed by atoms with Gasteiger partial charge in [0, 0.05) is 13.6 Å². The summed E-state index contributed by atoms with van der Waals surface area (Å²) in [6, 6.07) is 8.42. The molecule has 0 saturated heterocycles. The molecule has 0 amide bonds. The van der Waals surface area contributed by atoms with Crippen molar-refractivity contribution in [3.63, 3.8) is 0 Å². The van der Waals surface area contributed by atoms with Crippen molar-refractivity contribution < 1.29 is 0 Å². The molecule has 17 heavy (non-hydrogen) atoms. The van der Waals surface area contributed by atoms with Crippen LogP contribution >= 0.6 is 0 Å². The molecule has 0 atom stereocenters. The Morgan fingerprint density at radius 3 is 2.94 bits per heavy atom. The molecule has 0 fully saturated rings. The second-order valence-corrected chi connectivity index (χ2v) is 4.37. The predicted octanol–water partition coefficient (Wildman–Crippen LogP) is 1.84. The van der Waals surface area contributed by atoms with Crippen LogP contribution in [0.5, 0.6) is 0 Å². The average Bonchev–Trinajstić information content (AvgIpc) is 2.55. The third kappa shape index (κ3) is 2.29. The standard InChI is InChI=1S/C13H16N4/c1-10-15-12-8-11(9-16(2)7-6-14)4-5-13(12)17(10)3/h4-5,8H,7,9H2,1-3H3. The molecule has 0 unspecified atom stereocenters. The first-order chi connectivity index (χ1) is 8.11. The van der Waals surface area contributed by atoms with Gasteiger partial charge >= 0.3 is 0 Å². The van der Waals surface area contributed by atoms with Gasteiger partial charge < -0.3 is 4.57 Å². The van der Waals surface area contributed by atoms with Crippen molar-refractivity contribution in [2.75, 3.05) is 13.6 Å². The Morgan fingerprint density at radius 1 is 1.47 bits per heavy atom. The van der Waals surface area contributed by atoms with Gasteiger partial charge in [0.2, 0.25) is 0 Å². The van der Waals surface area contributed by atoms with E-state index in [2.05, 4.69) is 33.8 Å². The molecule has 4 heteroatoms. The molecule has 0 aliphatic heterocycles. The fraction of sp³-hybridized carbons (Fsp3) is 0.385. The van der Waals surface area contributed by atoms with Crippen molar-refractivity contribution in [2.45, 2.75) is 13.5 Å². The van der Waals surface area contributed by atoms with Gasteiger partial charge in [0.25, 0.3) is 0 Å². The van der Waals surface area contributed by atoms with Gasteiger partial charge in [0.1, 0.15) is 5.82 Å². The van der Waals surface area contributed by atoms with E-state index >= 15 is 0 Å². The van der Waals surface area contributed by atoms with Crippen LogP contribution in [0.3, 0.4) is 0 Å². The Hall–Kier alpha value is -1.86. The van der Waals surface area contributed by atoms with Gasteiger partial charge in [-0.1, -0.05) is 6.07 Å². The van der Waals surface area contributed by atoms with Gasteiger partial charge in [-0.25, -0.2) is 4.98 Å². The molecule has 4 nitrogen and oxygen atoms in total. The fourth-order valence-corrected chi connectivity index (χ4v) is 1.95. The number of nitriles is 1. The van der Waals surface area contributed by atoms with Crippen LogP contribution in [0.25, 0.3) is 11.0 Å². The minimum absolute atomic E-state index is 0.444. The van der Waals surface area contributed by atoms with Crippen LogP contribution in [-0.2, 0) is 13.6 Å². The van der Waals surface area contributed by atoms with Gasteiger partial charge in [-0.15, -0.1) is 0 Å². The topological polar surface area (TPSA) is 44.9 Å². The Kier molecular flexibility index (Phi) is 3.12. The predicted molar refractivity (Wildman–Crippen MR) is 67.4 cm³/mol. The van der Waals surface area contributed by atoms with Crippen molar-refractivity contribution in [3.05, 3.63) is 29.6 Å². The quantitative estimate of drug-likeness (QED) is 0.753. The van der Waals surface area contributed by atoms with E-state index in [1.165, 1.54) is 5.56 Å². The maximum Gasteiger partial charge on any atom is 0.106 e. The van der Waals surface area contributed by atoms with E-state index in [1.807, 2.05) is 25.9 Å². The summed E-state index contributed by atoms with van der Waals surface area (Å²) in [5.41, 5.74) is 3.36. The van der Waals surface area contributed by atoms with Gasteiger partial charge in [-0.3, -0.25) is 4.90 Å². The second-order valence-electron chi connectivity index (χ2n) is 4.37. The molecular formula is C13H16N4. The van der Waals surface area contributed by atoms with Crippen molar-refractivity contribution in [1.29, 1.82) is 5.26 Å². The molecule has 1 aromatic heterocycles. The molecule has 0 aliphatic carbocycles. The van der Waals surface area contributed by atoms with E-state index < -0.39 is 0 Å². The highest BCUT2D eigenvalue weighted by Gasteiger charge is 2.06. The summed E-state index contributed by atoms with van der Waals surface area (Å²) in [5.74, 6) is 1.02. The molecule has 0 radical (unpaired) electrons. The molecule has 0 spiro atoms. The van der Waals surface area contributed by atoms with E-state index in [0.717, 1.165) is 23.4 Å². The normalized spacial score (nSPS) is 11.0. The van der Waals surface area contributed by atoms with Crippen LogP contribution < -0.4 is 0 Å². The largest absolute Gasteiger partial charge is 0.331 e. The van der Waals surface area contributed by atoms with E-state index in [0.29, 0.717) is 6.54 Å². The zero-order chi connectivity index (χ0) is 12.4. The Balaban J connectivity index is 2.29. The van der Waals surface area contributed by atoms with Gasteiger partial charge in [-0.05, 0) is 31.7 Å². The third-order valence-electron chi connectivity index (χ3n) is 2.96.